The average Bonchev–Trinajstić information content (AvgIpc) is 2.92. The second kappa shape index (κ2) is 7.32. The highest BCUT2D eigenvalue weighted by Crippen LogP contribution is 2.04. The van der Waals surface area contributed by atoms with E-state index in [0.29, 0.717) is 18.7 Å². The molecule has 2 aromatic rings. The highest BCUT2D eigenvalue weighted by Gasteiger charge is 2.07. The predicted octanol–water partition coefficient (Wildman–Crippen LogP) is 1.69. The first-order valence-corrected chi connectivity index (χ1v) is 6.79. The van der Waals surface area contributed by atoms with Crippen LogP contribution in [-0.4, -0.2) is 22.2 Å². The molecule has 0 unspecified atom stereocenters. The van der Waals surface area contributed by atoms with Gasteiger partial charge in [-0.3, -0.25) is 4.79 Å². The van der Waals surface area contributed by atoms with Crippen LogP contribution in [0.1, 0.15) is 28.0 Å². The molecule has 1 aromatic heterocycles. The minimum Gasteiger partial charge on any atom is -0.395 e. The Hall–Kier alpha value is -2.51. The van der Waals surface area contributed by atoms with Gasteiger partial charge in [0.1, 0.15) is 5.69 Å². The summed E-state index contributed by atoms with van der Waals surface area (Å²) in [5.41, 5.74) is 2.56. The largest absolute Gasteiger partial charge is 0.395 e. The smallest absolute Gasteiger partial charge is 0.268 e. The fraction of sp³-hybridized carbons (Fsp3) is 0.235. The van der Waals surface area contributed by atoms with Crippen LogP contribution in [0.25, 0.3) is 0 Å². The van der Waals surface area contributed by atoms with Gasteiger partial charge in [-0.25, -0.2) is 0 Å². The summed E-state index contributed by atoms with van der Waals surface area (Å²) < 4.78 is 1.79. The fourth-order valence-electron chi connectivity index (χ4n) is 1.90. The first-order chi connectivity index (χ1) is 10.2. The van der Waals surface area contributed by atoms with Gasteiger partial charge in [-0.15, -0.1) is 0 Å². The number of nitrogens with one attached hydrogen (secondary N) is 1. The van der Waals surface area contributed by atoms with Gasteiger partial charge in [-0.2, -0.15) is 0 Å². The summed E-state index contributed by atoms with van der Waals surface area (Å²) in [5, 5.41) is 11.5. The first kappa shape index (κ1) is 14.9. The number of rotatable bonds is 4. The van der Waals surface area contributed by atoms with E-state index in [2.05, 4.69) is 17.2 Å². The van der Waals surface area contributed by atoms with Crippen LogP contribution < -0.4 is 5.32 Å². The number of benzene rings is 1. The van der Waals surface area contributed by atoms with Crippen molar-refractivity contribution in [2.75, 3.05) is 6.61 Å². The Balaban J connectivity index is 1.91. The highest BCUT2D eigenvalue weighted by molar-refractivity contribution is 5.92. The first-order valence-electron chi connectivity index (χ1n) is 6.79. The lowest BCUT2D eigenvalue weighted by molar-refractivity contribution is 0.0943. The van der Waals surface area contributed by atoms with E-state index in [4.69, 9.17) is 5.11 Å². The number of nitrogens with zero attached hydrogens (tertiary/aromatic N) is 1. The second-order valence-corrected chi connectivity index (χ2v) is 4.66. The van der Waals surface area contributed by atoms with Gasteiger partial charge in [0.2, 0.25) is 0 Å². The summed E-state index contributed by atoms with van der Waals surface area (Å²) >= 11 is 0. The molecule has 1 heterocycles. The van der Waals surface area contributed by atoms with E-state index in [9.17, 15) is 4.79 Å². The number of carbonyl (C=O) groups excluding carboxylic acids is 1. The number of amides is 1. The number of aliphatic hydroxyl groups is 1. The number of hydrogen-bond donors (Lipinski definition) is 2. The molecule has 0 aliphatic rings. The van der Waals surface area contributed by atoms with Crippen LogP contribution in [0.15, 0.2) is 42.6 Å². The Morgan fingerprint density at radius 3 is 2.67 bits per heavy atom. The fourth-order valence-corrected chi connectivity index (χ4v) is 1.90. The van der Waals surface area contributed by atoms with Crippen molar-refractivity contribution in [3.63, 3.8) is 0 Å². The van der Waals surface area contributed by atoms with Crippen LogP contribution in [0.5, 0.6) is 0 Å². The van der Waals surface area contributed by atoms with Crippen molar-refractivity contribution in [1.82, 2.24) is 9.88 Å². The standard InChI is InChI=1S/C17H18N2O2/c1-19-11-4-6-16(19)17(21)18-13-15-9-7-14(8-10-15)5-2-3-12-20/h4,6-11,20H,3,12-13H2,1H3,(H,18,21). The maximum atomic E-state index is 12.0. The molecule has 0 saturated heterocycles. The molecule has 0 aliphatic heterocycles. The molecule has 108 valence electrons. The van der Waals surface area contributed by atoms with Crippen molar-refractivity contribution in [2.45, 2.75) is 13.0 Å². The Labute approximate surface area is 124 Å². The van der Waals surface area contributed by atoms with Crippen LogP contribution in [0.3, 0.4) is 0 Å². The summed E-state index contributed by atoms with van der Waals surface area (Å²) in [6.45, 7) is 0.560. The van der Waals surface area contributed by atoms with Gasteiger partial charge in [0.15, 0.2) is 0 Å². The molecule has 0 saturated carbocycles. The summed E-state index contributed by atoms with van der Waals surface area (Å²) in [4.78, 5) is 12.0. The zero-order chi connectivity index (χ0) is 15.1. The third kappa shape index (κ3) is 4.23. The van der Waals surface area contributed by atoms with Crippen molar-refractivity contribution < 1.29 is 9.90 Å². The summed E-state index contributed by atoms with van der Waals surface area (Å²) in [6, 6.07) is 11.3. The van der Waals surface area contributed by atoms with Gasteiger partial charge in [0.05, 0.1) is 6.61 Å². The molecule has 0 bridgehead atoms. The topological polar surface area (TPSA) is 54.3 Å². The minimum atomic E-state index is -0.0886. The minimum absolute atomic E-state index is 0.0796. The van der Waals surface area contributed by atoms with Crippen LogP contribution in [0, 0.1) is 11.8 Å². The van der Waals surface area contributed by atoms with E-state index in [1.165, 1.54) is 0 Å². The van der Waals surface area contributed by atoms with Crippen molar-refractivity contribution in [2.24, 2.45) is 7.05 Å². The number of aryl methyl sites for hydroxylation is 1. The molecule has 0 fully saturated rings. The van der Waals surface area contributed by atoms with Crippen LogP contribution in [0.2, 0.25) is 0 Å². The summed E-state index contributed by atoms with van der Waals surface area (Å²) in [7, 11) is 1.84. The summed E-state index contributed by atoms with van der Waals surface area (Å²) in [5.74, 6) is 5.75. The molecular formula is C17H18N2O2. The molecular weight excluding hydrogens is 264 g/mol. The normalized spacial score (nSPS) is 9.81. The zero-order valence-electron chi connectivity index (χ0n) is 12.0. The molecule has 1 aromatic carbocycles. The SMILES string of the molecule is Cn1cccc1C(=O)NCc1ccc(C#CCCO)cc1. The van der Waals surface area contributed by atoms with E-state index in [0.717, 1.165) is 11.1 Å². The Morgan fingerprint density at radius 2 is 2.05 bits per heavy atom. The van der Waals surface area contributed by atoms with Crippen molar-refractivity contribution >= 4 is 5.91 Å². The molecule has 21 heavy (non-hydrogen) atoms. The van der Waals surface area contributed by atoms with Crippen molar-refractivity contribution in [3.05, 3.63) is 59.4 Å². The third-order valence-corrected chi connectivity index (χ3v) is 3.05. The zero-order valence-corrected chi connectivity index (χ0v) is 12.0. The lowest BCUT2D eigenvalue weighted by Gasteiger charge is -2.06. The Morgan fingerprint density at radius 1 is 1.29 bits per heavy atom. The molecule has 0 atom stereocenters. The third-order valence-electron chi connectivity index (χ3n) is 3.05. The van der Waals surface area contributed by atoms with Crippen LogP contribution in [-0.2, 0) is 13.6 Å². The van der Waals surface area contributed by atoms with E-state index in [1.807, 2.05) is 43.6 Å². The maximum absolute atomic E-state index is 12.0. The van der Waals surface area contributed by atoms with E-state index in [-0.39, 0.29) is 12.5 Å². The summed E-state index contributed by atoms with van der Waals surface area (Å²) in [6.07, 6.45) is 2.32. The molecule has 0 aliphatic carbocycles. The molecule has 1 amide bonds. The second-order valence-electron chi connectivity index (χ2n) is 4.66. The maximum Gasteiger partial charge on any atom is 0.268 e. The van der Waals surface area contributed by atoms with Gasteiger partial charge < -0.3 is 15.0 Å². The van der Waals surface area contributed by atoms with Gasteiger partial charge >= 0.3 is 0 Å². The van der Waals surface area contributed by atoms with Crippen molar-refractivity contribution in [1.29, 1.82) is 0 Å². The van der Waals surface area contributed by atoms with Crippen LogP contribution >= 0.6 is 0 Å². The number of aliphatic hydroxyl groups excluding tert-OH is 1. The molecule has 4 nitrogen and oxygen atoms in total. The predicted molar refractivity (Wildman–Crippen MR) is 81.6 cm³/mol. The van der Waals surface area contributed by atoms with Gasteiger partial charge in [0, 0.05) is 31.8 Å². The molecule has 2 rings (SSSR count). The average molecular weight is 282 g/mol. The molecule has 2 N–H and O–H groups in total. The Bertz CT molecular complexity index is 660. The van der Waals surface area contributed by atoms with Crippen molar-refractivity contribution in [3.8, 4) is 11.8 Å². The highest BCUT2D eigenvalue weighted by atomic mass is 16.2. The van der Waals surface area contributed by atoms with Gasteiger partial charge in [0.25, 0.3) is 5.91 Å². The molecule has 4 heteroatoms. The van der Waals surface area contributed by atoms with Gasteiger partial charge in [-0.1, -0.05) is 24.0 Å². The van der Waals surface area contributed by atoms with Gasteiger partial charge in [-0.05, 0) is 29.8 Å². The van der Waals surface area contributed by atoms with Crippen LogP contribution in [0.4, 0.5) is 0 Å². The van der Waals surface area contributed by atoms with E-state index >= 15 is 0 Å². The quantitative estimate of drug-likeness (QED) is 0.839. The van der Waals surface area contributed by atoms with E-state index < -0.39 is 0 Å². The molecule has 0 spiro atoms. The number of aromatic nitrogens is 1. The lowest BCUT2D eigenvalue weighted by Crippen LogP contribution is -2.24. The monoisotopic (exact) mass is 282 g/mol. The number of carbonyl (C=O) groups is 1. The lowest BCUT2D eigenvalue weighted by atomic mass is 10.1. The molecule has 0 radical (unpaired) electrons. The van der Waals surface area contributed by atoms with E-state index in [1.54, 1.807) is 10.6 Å². The number of hydrogen-bond acceptors (Lipinski definition) is 2. The Kier molecular flexibility index (Phi) is 5.19.